The maximum Gasteiger partial charge on any atom is 0.253 e. The number of hydrogen-bond donors (Lipinski definition) is 2. The molecule has 0 radical (unpaired) electrons. The molecule has 2 aromatic rings. The summed E-state index contributed by atoms with van der Waals surface area (Å²) in [5, 5.41) is 7.24. The van der Waals surface area contributed by atoms with Gasteiger partial charge in [-0.1, -0.05) is 11.6 Å². The van der Waals surface area contributed by atoms with Crippen molar-refractivity contribution in [2.75, 3.05) is 12.4 Å². The van der Waals surface area contributed by atoms with E-state index >= 15 is 0 Å². The summed E-state index contributed by atoms with van der Waals surface area (Å²) in [5.41, 5.74) is 1.28. The van der Waals surface area contributed by atoms with E-state index in [-0.39, 0.29) is 5.91 Å². The zero-order chi connectivity index (χ0) is 13.8. The smallest absolute Gasteiger partial charge is 0.253 e. The molecule has 0 bridgehead atoms. The lowest BCUT2D eigenvalue weighted by molar-refractivity contribution is 0.0951. The zero-order valence-electron chi connectivity index (χ0n) is 10.7. The molecule has 1 aromatic heterocycles. The summed E-state index contributed by atoms with van der Waals surface area (Å²) in [6.07, 6.45) is 1.80. The van der Waals surface area contributed by atoms with Gasteiger partial charge in [-0.3, -0.25) is 4.79 Å². The topological polar surface area (TPSA) is 54.0 Å². The highest BCUT2D eigenvalue weighted by Crippen LogP contribution is 2.20. The van der Waals surface area contributed by atoms with Crippen LogP contribution >= 0.6 is 22.9 Å². The van der Waals surface area contributed by atoms with Gasteiger partial charge in [0.1, 0.15) is 5.01 Å². The van der Waals surface area contributed by atoms with Gasteiger partial charge >= 0.3 is 0 Å². The van der Waals surface area contributed by atoms with Gasteiger partial charge in [0, 0.05) is 28.8 Å². The molecule has 2 N–H and O–H groups in total. The van der Waals surface area contributed by atoms with Crippen LogP contribution in [0.5, 0.6) is 0 Å². The standard InChI is InChI=1S/C13H14ClN3OS/c1-8-6-16-12(19-8)7-17-13(18)10-5-9(14)3-4-11(10)15-2/h3-6,15H,7H2,1-2H3,(H,17,18). The Bertz CT molecular complexity index is 597. The van der Waals surface area contributed by atoms with Crippen LogP contribution in [0.1, 0.15) is 20.2 Å². The third kappa shape index (κ3) is 3.45. The molecule has 0 unspecified atom stereocenters. The summed E-state index contributed by atoms with van der Waals surface area (Å²) < 4.78 is 0. The molecule has 0 aliphatic rings. The SMILES string of the molecule is CNc1ccc(Cl)cc1C(=O)NCc1ncc(C)s1. The molecule has 1 amide bonds. The Kier molecular flexibility index (Phi) is 4.39. The lowest BCUT2D eigenvalue weighted by Gasteiger charge is -2.09. The highest BCUT2D eigenvalue weighted by molar-refractivity contribution is 7.11. The molecular formula is C13H14ClN3OS. The highest BCUT2D eigenvalue weighted by atomic mass is 35.5. The Morgan fingerprint density at radius 3 is 2.89 bits per heavy atom. The molecule has 0 saturated carbocycles. The number of benzene rings is 1. The minimum atomic E-state index is -0.167. The van der Waals surface area contributed by atoms with Crippen molar-refractivity contribution in [2.24, 2.45) is 0 Å². The van der Waals surface area contributed by atoms with Crippen LogP contribution in [-0.2, 0) is 6.54 Å². The van der Waals surface area contributed by atoms with E-state index in [0.29, 0.717) is 17.1 Å². The predicted octanol–water partition coefficient (Wildman–Crippen LogP) is 3.08. The Hall–Kier alpha value is -1.59. The Morgan fingerprint density at radius 2 is 2.26 bits per heavy atom. The van der Waals surface area contributed by atoms with E-state index in [1.54, 1.807) is 42.8 Å². The number of anilines is 1. The van der Waals surface area contributed by atoms with Crippen molar-refractivity contribution in [2.45, 2.75) is 13.5 Å². The molecule has 1 aromatic carbocycles. The number of nitrogens with one attached hydrogen (secondary N) is 2. The third-order valence-electron chi connectivity index (χ3n) is 2.56. The van der Waals surface area contributed by atoms with Crippen molar-refractivity contribution in [3.63, 3.8) is 0 Å². The molecule has 0 atom stereocenters. The van der Waals surface area contributed by atoms with Crippen LogP contribution in [0.3, 0.4) is 0 Å². The number of hydrogen-bond acceptors (Lipinski definition) is 4. The van der Waals surface area contributed by atoms with Crippen molar-refractivity contribution in [1.29, 1.82) is 0 Å². The number of nitrogens with zero attached hydrogens (tertiary/aromatic N) is 1. The molecule has 0 aliphatic carbocycles. The number of amides is 1. The van der Waals surface area contributed by atoms with Crippen LogP contribution < -0.4 is 10.6 Å². The molecule has 0 aliphatic heterocycles. The molecule has 1 heterocycles. The first-order valence-corrected chi connectivity index (χ1v) is 6.96. The van der Waals surface area contributed by atoms with Gasteiger partial charge in [-0.2, -0.15) is 0 Å². The monoisotopic (exact) mass is 295 g/mol. The first-order chi connectivity index (χ1) is 9.10. The van der Waals surface area contributed by atoms with Crippen molar-refractivity contribution in [3.8, 4) is 0 Å². The zero-order valence-corrected chi connectivity index (χ0v) is 12.2. The Morgan fingerprint density at radius 1 is 1.47 bits per heavy atom. The quantitative estimate of drug-likeness (QED) is 0.911. The molecule has 0 fully saturated rings. The normalized spacial score (nSPS) is 10.3. The van der Waals surface area contributed by atoms with E-state index in [4.69, 9.17) is 11.6 Å². The molecular weight excluding hydrogens is 282 g/mol. The molecule has 2 rings (SSSR count). The summed E-state index contributed by atoms with van der Waals surface area (Å²) in [7, 11) is 1.77. The average molecular weight is 296 g/mol. The number of carbonyl (C=O) groups is 1. The van der Waals surface area contributed by atoms with Crippen molar-refractivity contribution in [3.05, 3.63) is 44.9 Å². The van der Waals surface area contributed by atoms with Crippen LogP contribution in [0.4, 0.5) is 5.69 Å². The second-order valence-electron chi connectivity index (χ2n) is 3.99. The highest BCUT2D eigenvalue weighted by Gasteiger charge is 2.11. The van der Waals surface area contributed by atoms with Crippen molar-refractivity contribution in [1.82, 2.24) is 10.3 Å². The van der Waals surface area contributed by atoms with E-state index in [0.717, 1.165) is 15.6 Å². The fourth-order valence-electron chi connectivity index (χ4n) is 1.66. The van der Waals surface area contributed by atoms with E-state index in [1.807, 2.05) is 6.92 Å². The maximum atomic E-state index is 12.1. The second kappa shape index (κ2) is 6.04. The molecule has 0 saturated heterocycles. The van der Waals surface area contributed by atoms with Gasteiger partial charge in [-0.15, -0.1) is 11.3 Å². The van der Waals surface area contributed by atoms with Crippen molar-refractivity contribution < 1.29 is 4.79 Å². The number of rotatable bonds is 4. The van der Waals surface area contributed by atoms with Gasteiger partial charge in [-0.05, 0) is 25.1 Å². The molecule has 4 nitrogen and oxygen atoms in total. The first-order valence-electron chi connectivity index (χ1n) is 5.77. The van der Waals surface area contributed by atoms with Gasteiger partial charge in [0.15, 0.2) is 0 Å². The number of halogens is 1. The maximum absolute atomic E-state index is 12.1. The average Bonchev–Trinajstić information content (AvgIpc) is 2.81. The van der Waals surface area contributed by atoms with E-state index < -0.39 is 0 Å². The van der Waals surface area contributed by atoms with Crippen molar-refractivity contribution >= 4 is 34.5 Å². The summed E-state index contributed by atoms with van der Waals surface area (Å²) in [4.78, 5) is 17.5. The second-order valence-corrected chi connectivity index (χ2v) is 5.74. The summed E-state index contributed by atoms with van der Waals surface area (Å²) in [6, 6.07) is 5.18. The summed E-state index contributed by atoms with van der Waals surface area (Å²) in [5.74, 6) is -0.167. The molecule has 6 heteroatoms. The number of aryl methyl sites for hydroxylation is 1. The van der Waals surface area contributed by atoms with Gasteiger partial charge in [-0.25, -0.2) is 4.98 Å². The van der Waals surface area contributed by atoms with Crippen LogP contribution in [0, 0.1) is 6.92 Å². The van der Waals surface area contributed by atoms with Crippen LogP contribution in [-0.4, -0.2) is 17.9 Å². The fourth-order valence-corrected chi connectivity index (χ4v) is 2.56. The van der Waals surface area contributed by atoms with Crippen LogP contribution in [0.2, 0.25) is 5.02 Å². The van der Waals surface area contributed by atoms with Crippen LogP contribution in [0.15, 0.2) is 24.4 Å². The van der Waals surface area contributed by atoms with E-state index in [1.165, 1.54) is 0 Å². The molecule has 100 valence electrons. The number of aromatic nitrogens is 1. The molecule has 0 spiro atoms. The minimum Gasteiger partial charge on any atom is -0.387 e. The summed E-state index contributed by atoms with van der Waals surface area (Å²) in [6.45, 7) is 2.41. The van der Waals surface area contributed by atoms with E-state index in [2.05, 4.69) is 15.6 Å². The van der Waals surface area contributed by atoms with Gasteiger partial charge in [0.05, 0.1) is 12.1 Å². The van der Waals surface area contributed by atoms with Gasteiger partial charge in [0.2, 0.25) is 0 Å². The predicted molar refractivity (Wildman–Crippen MR) is 79.0 cm³/mol. The van der Waals surface area contributed by atoms with Gasteiger partial charge in [0.25, 0.3) is 5.91 Å². The Labute approximate surface area is 120 Å². The van der Waals surface area contributed by atoms with E-state index in [9.17, 15) is 4.79 Å². The Balaban J connectivity index is 2.09. The lowest BCUT2D eigenvalue weighted by atomic mass is 10.1. The molecule has 19 heavy (non-hydrogen) atoms. The lowest BCUT2D eigenvalue weighted by Crippen LogP contribution is -2.23. The van der Waals surface area contributed by atoms with Crippen LogP contribution in [0.25, 0.3) is 0 Å². The van der Waals surface area contributed by atoms with Gasteiger partial charge < -0.3 is 10.6 Å². The number of thiazole rings is 1. The fraction of sp³-hybridized carbons (Fsp3) is 0.231. The first kappa shape index (κ1) is 13.8. The minimum absolute atomic E-state index is 0.167. The third-order valence-corrected chi connectivity index (χ3v) is 3.71. The number of carbonyl (C=O) groups excluding carboxylic acids is 1. The largest absolute Gasteiger partial charge is 0.387 e. The summed E-state index contributed by atoms with van der Waals surface area (Å²) >= 11 is 7.49.